The van der Waals surface area contributed by atoms with E-state index in [0.717, 1.165) is 23.2 Å². The summed E-state index contributed by atoms with van der Waals surface area (Å²) in [7, 11) is 0. The molecule has 4 nitrogen and oxygen atoms in total. The lowest BCUT2D eigenvalue weighted by atomic mass is 9.95. The van der Waals surface area contributed by atoms with Crippen molar-refractivity contribution in [1.29, 1.82) is 0 Å². The lowest BCUT2D eigenvalue weighted by Crippen LogP contribution is -2.29. The Bertz CT molecular complexity index is 1280. The van der Waals surface area contributed by atoms with Crippen LogP contribution in [0.15, 0.2) is 103 Å². The van der Waals surface area contributed by atoms with Crippen LogP contribution in [-0.4, -0.2) is 16.7 Å². The van der Waals surface area contributed by atoms with Crippen molar-refractivity contribution < 1.29 is 9.59 Å². The zero-order valence-corrected chi connectivity index (χ0v) is 18.2. The van der Waals surface area contributed by atoms with Crippen molar-refractivity contribution in [2.24, 2.45) is 0 Å². The molecule has 1 heterocycles. The molecule has 4 aromatic rings. The van der Waals surface area contributed by atoms with Gasteiger partial charge in [-0.2, -0.15) is 0 Å². The fourth-order valence-corrected chi connectivity index (χ4v) is 4.35. The Morgan fingerprint density at radius 3 is 1.64 bits per heavy atom. The lowest BCUT2D eigenvalue weighted by molar-refractivity contribution is 0.0642. The third kappa shape index (κ3) is 4.21. The molecule has 0 aliphatic carbocycles. The maximum Gasteiger partial charge on any atom is 0.261 e. The Morgan fingerprint density at radius 2 is 1.00 bits per heavy atom. The molecule has 0 radical (unpaired) electrons. The lowest BCUT2D eigenvalue weighted by Gasteiger charge is -2.19. The fourth-order valence-electron chi connectivity index (χ4n) is 4.35. The van der Waals surface area contributed by atoms with Crippen LogP contribution in [0.25, 0.3) is 11.1 Å². The van der Waals surface area contributed by atoms with E-state index in [9.17, 15) is 9.59 Å². The molecular weight excluding hydrogens is 408 g/mol. The van der Waals surface area contributed by atoms with Gasteiger partial charge in [0.2, 0.25) is 0 Å². The van der Waals surface area contributed by atoms with Crippen molar-refractivity contribution in [2.45, 2.75) is 19.6 Å². The first-order valence-electron chi connectivity index (χ1n) is 11.1. The number of fused-ring (bicyclic) bond motifs is 1. The number of hydrogen-bond donors (Lipinski definition) is 1. The average molecular weight is 433 g/mol. The number of carbonyl (C=O) groups excluding carboxylic acids is 2. The normalized spacial score (nSPS) is 12.8. The molecule has 1 N–H and O–H groups in total. The minimum absolute atomic E-state index is 0.233. The Balaban J connectivity index is 1.40. The van der Waals surface area contributed by atoms with E-state index in [1.165, 1.54) is 16.0 Å². The summed E-state index contributed by atoms with van der Waals surface area (Å²) in [6.07, 6.45) is 0. The van der Waals surface area contributed by atoms with Gasteiger partial charge in [0.15, 0.2) is 0 Å². The number of amides is 2. The summed E-state index contributed by atoms with van der Waals surface area (Å²) < 4.78 is 0. The molecule has 4 heteroatoms. The summed E-state index contributed by atoms with van der Waals surface area (Å²) in [6.45, 7) is 1.74. The van der Waals surface area contributed by atoms with Crippen molar-refractivity contribution >= 4 is 11.8 Å². The minimum atomic E-state index is -0.233. The molecule has 33 heavy (non-hydrogen) atoms. The standard InChI is InChI=1S/C29H24N2O2/c32-28-26-16-8-9-17-27(26)29(33)31(28)20-23-13-5-7-15-25(23)24-14-6-4-12-22(24)19-30-18-21-10-2-1-3-11-21/h1-17,30H,18-20H2. The smallest absolute Gasteiger partial charge is 0.261 e. The molecule has 5 rings (SSSR count). The summed E-state index contributed by atoms with van der Waals surface area (Å²) in [5.41, 5.74) is 6.44. The van der Waals surface area contributed by atoms with Crippen LogP contribution < -0.4 is 5.32 Å². The van der Waals surface area contributed by atoms with Crippen LogP contribution in [0, 0.1) is 0 Å². The van der Waals surface area contributed by atoms with Gasteiger partial charge in [0.1, 0.15) is 0 Å². The van der Waals surface area contributed by atoms with Crippen LogP contribution in [0.5, 0.6) is 0 Å². The van der Waals surface area contributed by atoms with Crippen molar-refractivity contribution in [3.05, 3.63) is 131 Å². The van der Waals surface area contributed by atoms with Crippen molar-refractivity contribution in [1.82, 2.24) is 10.2 Å². The number of imide groups is 1. The predicted octanol–water partition coefficient (Wildman–Crippen LogP) is 5.44. The molecule has 0 unspecified atom stereocenters. The summed E-state index contributed by atoms with van der Waals surface area (Å²) >= 11 is 0. The second-order valence-corrected chi connectivity index (χ2v) is 8.15. The maximum atomic E-state index is 12.9. The van der Waals surface area contributed by atoms with Gasteiger partial charge >= 0.3 is 0 Å². The van der Waals surface area contributed by atoms with Gasteiger partial charge in [0.25, 0.3) is 11.8 Å². The number of carbonyl (C=O) groups is 2. The Morgan fingerprint density at radius 1 is 0.515 bits per heavy atom. The molecule has 0 bridgehead atoms. The molecule has 0 saturated carbocycles. The van der Waals surface area contributed by atoms with Crippen LogP contribution >= 0.6 is 0 Å². The molecule has 0 fully saturated rings. The van der Waals surface area contributed by atoms with Crippen LogP contribution in [0.1, 0.15) is 37.4 Å². The molecule has 0 atom stereocenters. The second kappa shape index (κ2) is 9.23. The first kappa shape index (κ1) is 20.9. The quantitative estimate of drug-likeness (QED) is 0.396. The molecule has 4 aromatic carbocycles. The average Bonchev–Trinajstić information content (AvgIpc) is 3.10. The van der Waals surface area contributed by atoms with Crippen molar-refractivity contribution in [2.75, 3.05) is 0 Å². The van der Waals surface area contributed by atoms with Gasteiger partial charge in [0, 0.05) is 13.1 Å². The van der Waals surface area contributed by atoms with E-state index in [-0.39, 0.29) is 18.4 Å². The molecule has 0 aromatic heterocycles. The van der Waals surface area contributed by atoms with Gasteiger partial charge in [0.05, 0.1) is 17.7 Å². The highest BCUT2D eigenvalue weighted by atomic mass is 16.2. The van der Waals surface area contributed by atoms with Crippen molar-refractivity contribution in [3.63, 3.8) is 0 Å². The van der Waals surface area contributed by atoms with Gasteiger partial charge in [-0.15, -0.1) is 0 Å². The number of rotatable bonds is 7. The van der Waals surface area contributed by atoms with E-state index in [0.29, 0.717) is 17.7 Å². The molecule has 1 aliphatic heterocycles. The van der Waals surface area contributed by atoms with Gasteiger partial charge in [-0.25, -0.2) is 0 Å². The van der Waals surface area contributed by atoms with Crippen LogP contribution in [0.3, 0.4) is 0 Å². The predicted molar refractivity (Wildman–Crippen MR) is 130 cm³/mol. The maximum absolute atomic E-state index is 12.9. The SMILES string of the molecule is O=C1c2ccccc2C(=O)N1Cc1ccccc1-c1ccccc1CNCc1ccccc1. The highest BCUT2D eigenvalue weighted by Crippen LogP contribution is 2.31. The fraction of sp³-hybridized carbons (Fsp3) is 0.103. The van der Waals surface area contributed by atoms with Crippen molar-refractivity contribution in [3.8, 4) is 11.1 Å². The zero-order valence-electron chi connectivity index (χ0n) is 18.2. The number of nitrogens with one attached hydrogen (secondary N) is 1. The Kier molecular flexibility index (Phi) is 5.83. The van der Waals surface area contributed by atoms with E-state index in [1.54, 1.807) is 24.3 Å². The summed E-state index contributed by atoms with van der Waals surface area (Å²) in [5.74, 6) is -0.466. The third-order valence-electron chi connectivity index (χ3n) is 6.02. The minimum Gasteiger partial charge on any atom is -0.309 e. The van der Waals surface area contributed by atoms with E-state index in [1.807, 2.05) is 48.5 Å². The molecule has 162 valence electrons. The monoisotopic (exact) mass is 432 g/mol. The van der Waals surface area contributed by atoms with Crippen LogP contribution in [0.2, 0.25) is 0 Å². The van der Waals surface area contributed by atoms with E-state index >= 15 is 0 Å². The molecule has 0 saturated heterocycles. The Labute approximate surface area is 193 Å². The van der Waals surface area contributed by atoms with Gasteiger partial charge in [-0.05, 0) is 39.9 Å². The molecule has 0 spiro atoms. The summed E-state index contributed by atoms with van der Waals surface area (Å²) in [4.78, 5) is 27.1. The number of nitrogens with zero attached hydrogens (tertiary/aromatic N) is 1. The van der Waals surface area contributed by atoms with Gasteiger partial charge in [-0.3, -0.25) is 14.5 Å². The molecule has 1 aliphatic rings. The largest absolute Gasteiger partial charge is 0.309 e. The highest BCUT2D eigenvalue weighted by Gasteiger charge is 2.35. The van der Waals surface area contributed by atoms with Gasteiger partial charge < -0.3 is 5.32 Å². The second-order valence-electron chi connectivity index (χ2n) is 8.15. The topological polar surface area (TPSA) is 49.4 Å². The number of hydrogen-bond acceptors (Lipinski definition) is 3. The summed E-state index contributed by atoms with van der Waals surface area (Å²) in [6, 6.07) is 33.6. The first-order valence-corrected chi connectivity index (χ1v) is 11.1. The highest BCUT2D eigenvalue weighted by molar-refractivity contribution is 6.21. The van der Waals surface area contributed by atoms with Crippen LogP contribution in [0.4, 0.5) is 0 Å². The summed E-state index contributed by atoms with van der Waals surface area (Å²) in [5, 5.41) is 3.53. The van der Waals surface area contributed by atoms with Gasteiger partial charge in [-0.1, -0.05) is 91.0 Å². The van der Waals surface area contributed by atoms with E-state index < -0.39 is 0 Å². The zero-order chi connectivity index (χ0) is 22.6. The van der Waals surface area contributed by atoms with E-state index in [4.69, 9.17) is 0 Å². The Hall–Kier alpha value is -4.02. The molecular formula is C29H24N2O2. The number of benzene rings is 4. The van der Waals surface area contributed by atoms with Crippen LogP contribution in [-0.2, 0) is 19.6 Å². The van der Waals surface area contributed by atoms with E-state index in [2.05, 4.69) is 35.6 Å². The molecule has 2 amide bonds. The third-order valence-corrected chi connectivity index (χ3v) is 6.02. The first-order chi connectivity index (χ1) is 16.2.